The van der Waals surface area contributed by atoms with Crippen LogP contribution in [0.2, 0.25) is 5.02 Å². The van der Waals surface area contributed by atoms with Crippen LogP contribution in [-0.2, 0) is 0 Å². The summed E-state index contributed by atoms with van der Waals surface area (Å²) < 4.78 is 14.2. The Kier molecular flexibility index (Phi) is 5.16. The molecule has 0 saturated heterocycles. The van der Waals surface area contributed by atoms with Gasteiger partial charge in [0.15, 0.2) is 0 Å². The van der Waals surface area contributed by atoms with Crippen molar-refractivity contribution >= 4 is 11.6 Å². The molecule has 1 nitrogen and oxygen atoms in total. The van der Waals surface area contributed by atoms with Crippen molar-refractivity contribution in [2.75, 3.05) is 6.54 Å². The molecule has 0 fully saturated rings. The molecule has 1 atom stereocenters. The van der Waals surface area contributed by atoms with Gasteiger partial charge < -0.3 is 5.32 Å². The molecule has 106 valence electrons. The van der Waals surface area contributed by atoms with Gasteiger partial charge in [-0.25, -0.2) is 4.39 Å². The first-order chi connectivity index (χ1) is 9.61. The van der Waals surface area contributed by atoms with Crippen molar-refractivity contribution in [3.8, 4) is 0 Å². The minimum absolute atomic E-state index is 0.146. The van der Waals surface area contributed by atoms with Gasteiger partial charge in [-0.3, -0.25) is 0 Å². The number of hydrogen-bond donors (Lipinski definition) is 1. The van der Waals surface area contributed by atoms with Gasteiger partial charge >= 0.3 is 0 Å². The molecule has 0 saturated carbocycles. The number of hydrogen-bond acceptors (Lipinski definition) is 1. The minimum atomic E-state index is -0.173. The van der Waals surface area contributed by atoms with Crippen LogP contribution in [-0.4, -0.2) is 6.54 Å². The van der Waals surface area contributed by atoms with E-state index in [1.807, 2.05) is 43.3 Å². The first kappa shape index (κ1) is 15.0. The van der Waals surface area contributed by atoms with Crippen molar-refractivity contribution in [2.45, 2.75) is 26.3 Å². The predicted octanol–water partition coefficient (Wildman–Crippen LogP) is 4.88. The summed E-state index contributed by atoms with van der Waals surface area (Å²) in [6.45, 7) is 4.82. The molecular weight excluding hydrogens is 273 g/mol. The molecular formula is C17H19ClFN. The Bertz CT molecular complexity index is 566. The van der Waals surface area contributed by atoms with E-state index in [1.165, 1.54) is 0 Å². The molecule has 0 radical (unpaired) electrons. The van der Waals surface area contributed by atoms with Gasteiger partial charge in [-0.1, -0.05) is 42.8 Å². The Morgan fingerprint density at radius 1 is 1.15 bits per heavy atom. The van der Waals surface area contributed by atoms with Gasteiger partial charge in [-0.2, -0.15) is 0 Å². The van der Waals surface area contributed by atoms with Gasteiger partial charge in [0, 0.05) is 10.6 Å². The molecule has 0 amide bonds. The number of halogens is 2. The largest absolute Gasteiger partial charge is 0.306 e. The number of rotatable bonds is 5. The zero-order chi connectivity index (χ0) is 14.5. The molecule has 1 N–H and O–H groups in total. The fourth-order valence-electron chi connectivity index (χ4n) is 2.22. The Balaban J connectivity index is 2.38. The zero-order valence-corrected chi connectivity index (χ0v) is 12.5. The van der Waals surface area contributed by atoms with Crippen molar-refractivity contribution in [1.82, 2.24) is 5.32 Å². The van der Waals surface area contributed by atoms with Gasteiger partial charge in [0.1, 0.15) is 5.82 Å². The van der Waals surface area contributed by atoms with E-state index in [-0.39, 0.29) is 11.9 Å². The lowest BCUT2D eigenvalue weighted by atomic mass is 9.97. The lowest BCUT2D eigenvalue weighted by molar-refractivity contribution is 0.546. The van der Waals surface area contributed by atoms with E-state index in [1.54, 1.807) is 6.07 Å². The van der Waals surface area contributed by atoms with Gasteiger partial charge in [-0.05, 0) is 49.2 Å². The molecule has 0 aliphatic carbocycles. The highest BCUT2D eigenvalue weighted by molar-refractivity contribution is 6.30. The molecule has 2 aromatic carbocycles. The molecule has 0 spiro atoms. The van der Waals surface area contributed by atoms with Crippen molar-refractivity contribution in [3.63, 3.8) is 0 Å². The van der Waals surface area contributed by atoms with Crippen LogP contribution in [0.1, 0.15) is 36.1 Å². The van der Waals surface area contributed by atoms with Gasteiger partial charge in [0.2, 0.25) is 0 Å². The summed E-state index contributed by atoms with van der Waals surface area (Å²) in [7, 11) is 0. The molecule has 1 unspecified atom stereocenters. The highest BCUT2D eigenvalue weighted by Gasteiger charge is 2.17. The molecule has 0 heterocycles. The van der Waals surface area contributed by atoms with Crippen molar-refractivity contribution in [3.05, 3.63) is 70.0 Å². The van der Waals surface area contributed by atoms with E-state index in [2.05, 4.69) is 12.2 Å². The maximum absolute atomic E-state index is 14.2. The third-order valence-corrected chi connectivity index (χ3v) is 3.52. The lowest BCUT2D eigenvalue weighted by Gasteiger charge is -2.20. The summed E-state index contributed by atoms with van der Waals surface area (Å²) in [5.41, 5.74) is 2.62. The summed E-state index contributed by atoms with van der Waals surface area (Å²) >= 11 is 5.92. The average Bonchev–Trinajstić information content (AvgIpc) is 2.42. The van der Waals surface area contributed by atoms with Crippen LogP contribution in [0.15, 0.2) is 42.5 Å². The van der Waals surface area contributed by atoms with Crippen LogP contribution in [0.5, 0.6) is 0 Å². The highest BCUT2D eigenvalue weighted by atomic mass is 35.5. The summed E-state index contributed by atoms with van der Waals surface area (Å²) in [6, 6.07) is 12.8. The number of aryl methyl sites for hydroxylation is 1. The topological polar surface area (TPSA) is 12.0 Å². The Labute approximate surface area is 124 Å². The van der Waals surface area contributed by atoms with Gasteiger partial charge in [0.25, 0.3) is 0 Å². The van der Waals surface area contributed by atoms with E-state index < -0.39 is 0 Å². The second-order valence-corrected chi connectivity index (χ2v) is 5.40. The third-order valence-electron chi connectivity index (χ3n) is 3.27. The quantitative estimate of drug-likeness (QED) is 0.828. The first-order valence-electron chi connectivity index (χ1n) is 6.86. The standard InChI is InChI=1S/C17H19ClFN/c1-3-10-20-17(13-5-7-14(18)8-6-13)15-9-4-12(2)11-16(15)19/h4-9,11,17,20H,3,10H2,1-2H3. The number of nitrogens with one attached hydrogen (secondary N) is 1. The van der Waals surface area contributed by atoms with Gasteiger partial charge in [0.05, 0.1) is 6.04 Å². The van der Waals surface area contributed by atoms with Crippen molar-refractivity contribution in [1.29, 1.82) is 0 Å². The Morgan fingerprint density at radius 2 is 1.85 bits per heavy atom. The zero-order valence-electron chi connectivity index (χ0n) is 11.8. The maximum atomic E-state index is 14.2. The molecule has 0 bridgehead atoms. The monoisotopic (exact) mass is 291 g/mol. The summed E-state index contributed by atoms with van der Waals surface area (Å²) in [6.07, 6.45) is 0.998. The average molecular weight is 292 g/mol. The second kappa shape index (κ2) is 6.87. The SMILES string of the molecule is CCCNC(c1ccc(Cl)cc1)c1ccc(C)cc1F. The minimum Gasteiger partial charge on any atom is -0.306 e. The fraction of sp³-hybridized carbons (Fsp3) is 0.294. The van der Waals surface area contributed by atoms with Crippen molar-refractivity contribution < 1.29 is 4.39 Å². The molecule has 0 aromatic heterocycles. The summed E-state index contributed by atoms with van der Waals surface area (Å²) in [4.78, 5) is 0. The van der Waals surface area contributed by atoms with Crippen LogP contribution in [0.3, 0.4) is 0 Å². The normalized spacial score (nSPS) is 12.4. The first-order valence-corrected chi connectivity index (χ1v) is 7.24. The predicted molar refractivity (Wildman–Crippen MR) is 82.7 cm³/mol. The maximum Gasteiger partial charge on any atom is 0.128 e. The van der Waals surface area contributed by atoms with Crippen LogP contribution in [0.4, 0.5) is 4.39 Å². The Morgan fingerprint density at radius 3 is 2.45 bits per heavy atom. The molecule has 20 heavy (non-hydrogen) atoms. The lowest BCUT2D eigenvalue weighted by Crippen LogP contribution is -2.24. The fourth-order valence-corrected chi connectivity index (χ4v) is 2.34. The third kappa shape index (κ3) is 3.59. The summed E-state index contributed by atoms with van der Waals surface area (Å²) in [5.74, 6) is -0.173. The Hall–Kier alpha value is -1.38. The smallest absolute Gasteiger partial charge is 0.128 e. The summed E-state index contributed by atoms with van der Waals surface area (Å²) in [5, 5.41) is 4.09. The van der Waals surface area contributed by atoms with Crippen molar-refractivity contribution in [2.24, 2.45) is 0 Å². The second-order valence-electron chi connectivity index (χ2n) is 4.96. The van der Waals surface area contributed by atoms with E-state index >= 15 is 0 Å². The molecule has 0 aliphatic heterocycles. The van der Waals surface area contributed by atoms with E-state index in [9.17, 15) is 4.39 Å². The molecule has 2 rings (SSSR count). The van der Waals surface area contributed by atoms with Gasteiger partial charge in [-0.15, -0.1) is 0 Å². The highest BCUT2D eigenvalue weighted by Crippen LogP contribution is 2.26. The van der Waals surface area contributed by atoms with E-state index in [4.69, 9.17) is 11.6 Å². The van der Waals surface area contributed by atoms with Crippen LogP contribution in [0.25, 0.3) is 0 Å². The molecule has 3 heteroatoms. The van der Waals surface area contributed by atoms with E-state index in [0.29, 0.717) is 10.6 Å². The van der Waals surface area contributed by atoms with Crippen LogP contribution < -0.4 is 5.32 Å². The van der Waals surface area contributed by atoms with Crippen LogP contribution >= 0.6 is 11.6 Å². The molecule has 0 aliphatic rings. The molecule has 2 aromatic rings. The van der Waals surface area contributed by atoms with E-state index in [0.717, 1.165) is 24.1 Å². The number of benzene rings is 2. The van der Waals surface area contributed by atoms with Crippen LogP contribution in [0, 0.1) is 12.7 Å².